The molecule has 6 nitrogen and oxygen atoms in total. The summed E-state index contributed by atoms with van der Waals surface area (Å²) in [5.74, 6) is 0.0929. The summed E-state index contributed by atoms with van der Waals surface area (Å²) in [5.41, 5.74) is 1.08. The van der Waals surface area contributed by atoms with Crippen molar-refractivity contribution in [2.45, 2.75) is 26.2 Å². The number of piperidine rings is 1. The van der Waals surface area contributed by atoms with E-state index in [-0.39, 0.29) is 17.6 Å². The van der Waals surface area contributed by atoms with Crippen LogP contribution in [-0.2, 0) is 14.8 Å². The molecule has 0 saturated carbocycles. The van der Waals surface area contributed by atoms with Crippen LogP contribution in [0.2, 0.25) is 0 Å². The summed E-state index contributed by atoms with van der Waals surface area (Å²) in [6.45, 7) is 3.53. The van der Waals surface area contributed by atoms with Crippen LogP contribution in [-0.4, -0.2) is 33.2 Å². The van der Waals surface area contributed by atoms with Gasteiger partial charge in [-0.25, -0.2) is 8.42 Å². The third kappa shape index (κ3) is 4.99. The van der Waals surface area contributed by atoms with Gasteiger partial charge in [-0.1, -0.05) is 13.0 Å². The van der Waals surface area contributed by atoms with Crippen molar-refractivity contribution in [1.29, 1.82) is 0 Å². The molecule has 0 unspecified atom stereocenters. The first-order valence-corrected chi connectivity index (χ1v) is 9.27. The van der Waals surface area contributed by atoms with Crippen LogP contribution < -0.4 is 15.4 Å². The van der Waals surface area contributed by atoms with Crippen molar-refractivity contribution in [3.8, 4) is 0 Å². The molecule has 0 aromatic heterocycles. The number of sulfonamides is 1. The number of hydrogen-bond acceptors (Lipinski definition) is 4. The van der Waals surface area contributed by atoms with Crippen LogP contribution in [0.5, 0.6) is 0 Å². The van der Waals surface area contributed by atoms with E-state index in [1.54, 1.807) is 24.3 Å². The van der Waals surface area contributed by atoms with Crippen LogP contribution in [0.15, 0.2) is 24.3 Å². The molecule has 1 saturated heterocycles. The molecular weight excluding hydrogens is 302 g/mol. The molecule has 122 valence electrons. The number of carbonyl (C=O) groups excluding carboxylic acids is 1. The highest BCUT2D eigenvalue weighted by atomic mass is 32.2. The first-order chi connectivity index (χ1) is 10.5. The lowest BCUT2D eigenvalue weighted by Crippen LogP contribution is -2.34. The normalized spacial score (nSPS) is 16.2. The highest BCUT2D eigenvalue weighted by Crippen LogP contribution is 2.19. The Bertz CT molecular complexity index is 610. The SMILES string of the molecule is CCCS(=O)(=O)Nc1cccc(NC(=O)C2CCNCC2)c1. The smallest absolute Gasteiger partial charge is 0.232 e. The molecule has 0 radical (unpaired) electrons. The minimum Gasteiger partial charge on any atom is -0.326 e. The Balaban J connectivity index is 2.00. The first-order valence-electron chi connectivity index (χ1n) is 7.62. The third-order valence-electron chi connectivity index (χ3n) is 3.59. The summed E-state index contributed by atoms with van der Waals surface area (Å²) in [6, 6.07) is 6.80. The molecule has 0 aliphatic carbocycles. The number of amides is 1. The zero-order valence-corrected chi connectivity index (χ0v) is 13.6. The summed E-state index contributed by atoms with van der Waals surface area (Å²) < 4.78 is 26.1. The lowest BCUT2D eigenvalue weighted by atomic mass is 9.97. The summed E-state index contributed by atoms with van der Waals surface area (Å²) >= 11 is 0. The fourth-order valence-corrected chi connectivity index (χ4v) is 3.61. The molecule has 1 aromatic rings. The molecule has 1 aromatic carbocycles. The van der Waals surface area contributed by atoms with Gasteiger partial charge in [0.1, 0.15) is 0 Å². The average molecular weight is 325 g/mol. The number of nitrogens with one attached hydrogen (secondary N) is 3. The zero-order valence-electron chi connectivity index (χ0n) is 12.8. The van der Waals surface area contributed by atoms with Gasteiger partial charge >= 0.3 is 0 Å². The van der Waals surface area contributed by atoms with Crippen LogP contribution in [0.3, 0.4) is 0 Å². The predicted molar refractivity (Wildman–Crippen MR) is 88.4 cm³/mol. The number of rotatable bonds is 6. The minimum atomic E-state index is -3.32. The second kappa shape index (κ2) is 7.60. The Labute approximate surface area is 131 Å². The maximum atomic E-state index is 12.2. The van der Waals surface area contributed by atoms with Crippen molar-refractivity contribution in [2.24, 2.45) is 5.92 Å². The molecule has 7 heteroatoms. The number of carbonyl (C=O) groups is 1. The Kier molecular flexibility index (Phi) is 5.79. The Morgan fingerprint density at radius 2 is 1.95 bits per heavy atom. The molecule has 0 atom stereocenters. The minimum absolute atomic E-state index is 0.00457. The van der Waals surface area contributed by atoms with E-state index in [1.807, 2.05) is 6.92 Å². The van der Waals surface area contributed by atoms with Gasteiger partial charge in [0, 0.05) is 11.6 Å². The van der Waals surface area contributed by atoms with E-state index in [9.17, 15) is 13.2 Å². The molecule has 0 bridgehead atoms. The van der Waals surface area contributed by atoms with Crippen molar-refractivity contribution in [2.75, 3.05) is 28.9 Å². The molecule has 1 amide bonds. The lowest BCUT2D eigenvalue weighted by molar-refractivity contribution is -0.120. The summed E-state index contributed by atoms with van der Waals surface area (Å²) in [6.07, 6.45) is 2.21. The largest absolute Gasteiger partial charge is 0.326 e. The number of benzene rings is 1. The Morgan fingerprint density at radius 3 is 2.64 bits per heavy atom. The van der Waals surface area contributed by atoms with E-state index in [0.717, 1.165) is 25.9 Å². The van der Waals surface area contributed by atoms with Crippen molar-refractivity contribution in [3.63, 3.8) is 0 Å². The fraction of sp³-hybridized carbons (Fsp3) is 0.533. The quantitative estimate of drug-likeness (QED) is 0.744. The number of hydrogen-bond donors (Lipinski definition) is 3. The van der Waals surface area contributed by atoms with Crippen LogP contribution >= 0.6 is 0 Å². The van der Waals surface area contributed by atoms with E-state index in [1.165, 1.54) is 0 Å². The second-order valence-corrected chi connectivity index (χ2v) is 7.36. The van der Waals surface area contributed by atoms with Gasteiger partial charge in [-0.3, -0.25) is 9.52 Å². The van der Waals surface area contributed by atoms with E-state index >= 15 is 0 Å². The summed E-state index contributed by atoms with van der Waals surface area (Å²) in [7, 11) is -3.32. The lowest BCUT2D eigenvalue weighted by Gasteiger charge is -2.21. The van der Waals surface area contributed by atoms with E-state index < -0.39 is 10.0 Å². The van der Waals surface area contributed by atoms with Gasteiger partial charge in [0.05, 0.1) is 11.4 Å². The second-order valence-electron chi connectivity index (χ2n) is 5.52. The molecule has 2 rings (SSSR count). The molecule has 1 fully saturated rings. The maximum absolute atomic E-state index is 12.2. The first kappa shape index (κ1) is 16.8. The fourth-order valence-electron chi connectivity index (χ4n) is 2.49. The van der Waals surface area contributed by atoms with Crippen LogP contribution in [0.4, 0.5) is 11.4 Å². The third-order valence-corrected chi connectivity index (χ3v) is 5.08. The van der Waals surface area contributed by atoms with Crippen molar-refractivity contribution in [3.05, 3.63) is 24.3 Å². The maximum Gasteiger partial charge on any atom is 0.232 e. The van der Waals surface area contributed by atoms with Crippen LogP contribution in [0, 0.1) is 5.92 Å². The zero-order chi connectivity index (χ0) is 16.0. The number of anilines is 2. The van der Waals surface area contributed by atoms with Gasteiger partial charge in [-0.15, -0.1) is 0 Å². The van der Waals surface area contributed by atoms with E-state index in [4.69, 9.17) is 0 Å². The average Bonchev–Trinajstić information content (AvgIpc) is 2.48. The van der Waals surface area contributed by atoms with Crippen molar-refractivity contribution < 1.29 is 13.2 Å². The topological polar surface area (TPSA) is 87.3 Å². The highest BCUT2D eigenvalue weighted by molar-refractivity contribution is 7.92. The standard InChI is InChI=1S/C15H23N3O3S/c1-2-10-22(20,21)18-14-5-3-4-13(11-14)17-15(19)12-6-8-16-9-7-12/h3-5,11-12,16,18H,2,6-10H2,1H3,(H,17,19). The van der Waals surface area contributed by atoms with E-state index in [0.29, 0.717) is 17.8 Å². The molecule has 1 aliphatic heterocycles. The predicted octanol–water partition coefficient (Wildman–Crippen LogP) is 1.78. The molecule has 0 spiro atoms. The van der Waals surface area contributed by atoms with Gasteiger partial charge in [-0.2, -0.15) is 0 Å². The Morgan fingerprint density at radius 1 is 1.27 bits per heavy atom. The molecular formula is C15H23N3O3S. The van der Waals surface area contributed by atoms with Gasteiger partial charge in [0.25, 0.3) is 0 Å². The van der Waals surface area contributed by atoms with E-state index in [2.05, 4.69) is 15.4 Å². The van der Waals surface area contributed by atoms with Gasteiger partial charge in [0.15, 0.2) is 0 Å². The highest BCUT2D eigenvalue weighted by Gasteiger charge is 2.21. The Hall–Kier alpha value is -1.60. The van der Waals surface area contributed by atoms with Crippen LogP contribution in [0.25, 0.3) is 0 Å². The monoisotopic (exact) mass is 325 g/mol. The molecule has 1 heterocycles. The van der Waals surface area contributed by atoms with Crippen LogP contribution in [0.1, 0.15) is 26.2 Å². The molecule has 3 N–H and O–H groups in total. The van der Waals surface area contributed by atoms with Gasteiger partial charge in [-0.05, 0) is 50.6 Å². The van der Waals surface area contributed by atoms with Gasteiger partial charge in [0.2, 0.25) is 15.9 Å². The van der Waals surface area contributed by atoms with Gasteiger partial charge < -0.3 is 10.6 Å². The molecule has 1 aliphatic rings. The molecule has 22 heavy (non-hydrogen) atoms. The van der Waals surface area contributed by atoms with Crippen molar-refractivity contribution >= 4 is 27.3 Å². The summed E-state index contributed by atoms with van der Waals surface area (Å²) in [4.78, 5) is 12.2. The van der Waals surface area contributed by atoms with Crippen molar-refractivity contribution in [1.82, 2.24) is 5.32 Å². The summed E-state index contributed by atoms with van der Waals surface area (Å²) in [5, 5.41) is 6.09.